The molecule has 4 atom stereocenters. The quantitative estimate of drug-likeness (QED) is 0.769. The number of hydrogen-bond acceptors (Lipinski definition) is 2. The smallest absolute Gasteiger partial charge is 0.0633 e. The molecule has 2 nitrogen and oxygen atoms in total. The largest absolute Gasteiger partial charge is 0.375 e. The van der Waals surface area contributed by atoms with Crippen LogP contribution in [0.2, 0.25) is 0 Å². The van der Waals surface area contributed by atoms with Gasteiger partial charge >= 0.3 is 0 Å². The van der Waals surface area contributed by atoms with Crippen LogP contribution in [-0.2, 0) is 4.74 Å². The van der Waals surface area contributed by atoms with Gasteiger partial charge in [-0.05, 0) is 63.8 Å². The molecule has 0 aromatic carbocycles. The summed E-state index contributed by atoms with van der Waals surface area (Å²) in [4.78, 5) is 2.51. The van der Waals surface area contributed by atoms with E-state index < -0.39 is 0 Å². The van der Waals surface area contributed by atoms with E-state index >= 15 is 0 Å². The molecule has 2 aliphatic rings. The van der Waals surface area contributed by atoms with Crippen molar-refractivity contribution in [3.05, 3.63) is 0 Å². The lowest BCUT2D eigenvalue weighted by molar-refractivity contribution is -0.0935. The summed E-state index contributed by atoms with van der Waals surface area (Å²) in [6, 6.07) is 0. The van der Waals surface area contributed by atoms with Crippen LogP contribution >= 0.6 is 0 Å². The van der Waals surface area contributed by atoms with Crippen LogP contribution in [0.3, 0.4) is 0 Å². The zero-order valence-electron chi connectivity index (χ0n) is 14.5. The predicted molar refractivity (Wildman–Crippen MR) is 85.9 cm³/mol. The van der Waals surface area contributed by atoms with Crippen molar-refractivity contribution < 1.29 is 4.74 Å². The van der Waals surface area contributed by atoms with Gasteiger partial charge in [0.2, 0.25) is 0 Å². The summed E-state index contributed by atoms with van der Waals surface area (Å²) in [5, 5.41) is 0. The highest BCUT2D eigenvalue weighted by Crippen LogP contribution is 2.47. The van der Waals surface area contributed by atoms with Crippen LogP contribution < -0.4 is 0 Å². The molecule has 0 amide bonds. The van der Waals surface area contributed by atoms with E-state index in [9.17, 15) is 0 Å². The highest BCUT2D eigenvalue weighted by Gasteiger charge is 2.42. The highest BCUT2D eigenvalue weighted by molar-refractivity contribution is 4.92. The summed E-state index contributed by atoms with van der Waals surface area (Å²) < 4.78 is 6.30. The Labute approximate surface area is 126 Å². The molecule has 0 bridgehead atoms. The van der Waals surface area contributed by atoms with Crippen LogP contribution in [0.1, 0.15) is 60.3 Å². The molecule has 0 spiro atoms. The minimum Gasteiger partial charge on any atom is -0.375 e. The van der Waals surface area contributed by atoms with E-state index in [1.165, 1.54) is 38.8 Å². The average molecular weight is 281 g/mol. The van der Waals surface area contributed by atoms with Crippen LogP contribution in [0.4, 0.5) is 0 Å². The van der Waals surface area contributed by atoms with Crippen LogP contribution in [-0.4, -0.2) is 37.2 Å². The SMILES string of the molecule is CC(C)OC1CCN(C)CC1C1CC(C)(C)CC[C@@H]1C. The van der Waals surface area contributed by atoms with Crippen molar-refractivity contribution in [3.8, 4) is 0 Å². The van der Waals surface area contributed by atoms with Gasteiger partial charge in [0, 0.05) is 19.0 Å². The van der Waals surface area contributed by atoms with E-state index in [4.69, 9.17) is 4.74 Å². The van der Waals surface area contributed by atoms with Crippen molar-refractivity contribution in [1.29, 1.82) is 0 Å². The number of piperidine rings is 1. The van der Waals surface area contributed by atoms with Crippen molar-refractivity contribution in [2.24, 2.45) is 23.2 Å². The van der Waals surface area contributed by atoms with Gasteiger partial charge in [-0.15, -0.1) is 0 Å². The van der Waals surface area contributed by atoms with Gasteiger partial charge in [-0.1, -0.05) is 20.8 Å². The molecule has 2 rings (SSSR count). The molecule has 0 aromatic heterocycles. The lowest BCUT2D eigenvalue weighted by Gasteiger charge is -2.48. The number of nitrogens with zero attached hydrogens (tertiary/aromatic N) is 1. The maximum absolute atomic E-state index is 6.30. The molecule has 1 aliphatic heterocycles. The van der Waals surface area contributed by atoms with Crippen LogP contribution in [0.15, 0.2) is 0 Å². The molecule has 1 heterocycles. The van der Waals surface area contributed by atoms with E-state index in [-0.39, 0.29) is 0 Å². The first kappa shape index (κ1) is 16.3. The van der Waals surface area contributed by atoms with Gasteiger partial charge in [-0.25, -0.2) is 0 Å². The Morgan fingerprint density at radius 1 is 1.15 bits per heavy atom. The normalized spacial score (nSPS) is 39.1. The van der Waals surface area contributed by atoms with Crippen molar-refractivity contribution in [2.75, 3.05) is 20.1 Å². The average Bonchev–Trinajstić information content (AvgIpc) is 2.34. The fourth-order valence-corrected chi connectivity index (χ4v) is 4.41. The van der Waals surface area contributed by atoms with Crippen molar-refractivity contribution >= 4 is 0 Å². The maximum Gasteiger partial charge on any atom is 0.0633 e. The Bertz CT molecular complexity index is 313. The zero-order valence-corrected chi connectivity index (χ0v) is 14.5. The van der Waals surface area contributed by atoms with Crippen molar-refractivity contribution in [3.63, 3.8) is 0 Å². The van der Waals surface area contributed by atoms with Gasteiger partial charge in [0.1, 0.15) is 0 Å². The van der Waals surface area contributed by atoms with E-state index in [0.29, 0.717) is 17.6 Å². The molecule has 1 saturated carbocycles. The molecular weight excluding hydrogens is 246 g/mol. The lowest BCUT2D eigenvalue weighted by Crippen LogP contribution is -2.49. The second-order valence-corrected chi connectivity index (χ2v) is 8.49. The molecule has 0 N–H and O–H groups in total. The van der Waals surface area contributed by atoms with Gasteiger partial charge < -0.3 is 9.64 Å². The van der Waals surface area contributed by atoms with E-state index in [1.54, 1.807) is 0 Å². The Morgan fingerprint density at radius 3 is 2.50 bits per heavy atom. The van der Waals surface area contributed by atoms with Crippen LogP contribution in [0.5, 0.6) is 0 Å². The first-order valence-electron chi connectivity index (χ1n) is 8.62. The summed E-state index contributed by atoms with van der Waals surface area (Å²) in [6.07, 6.45) is 6.22. The monoisotopic (exact) mass is 281 g/mol. The predicted octanol–water partition coefficient (Wildman–Crippen LogP) is 4.19. The Morgan fingerprint density at radius 2 is 1.85 bits per heavy atom. The Hall–Kier alpha value is -0.0800. The minimum atomic E-state index is 0.359. The molecule has 2 heteroatoms. The first-order chi connectivity index (χ1) is 9.28. The van der Waals surface area contributed by atoms with Gasteiger partial charge in [0.25, 0.3) is 0 Å². The van der Waals surface area contributed by atoms with Gasteiger partial charge in [-0.3, -0.25) is 0 Å². The Balaban J connectivity index is 2.11. The van der Waals surface area contributed by atoms with E-state index in [2.05, 4.69) is 46.6 Å². The van der Waals surface area contributed by atoms with Gasteiger partial charge in [0.15, 0.2) is 0 Å². The third-order valence-corrected chi connectivity index (χ3v) is 5.59. The van der Waals surface area contributed by atoms with Crippen LogP contribution in [0, 0.1) is 23.2 Å². The third-order valence-electron chi connectivity index (χ3n) is 5.59. The zero-order chi connectivity index (χ0) is 14.9. The molecule has 0 radical (unpaired) electrons. The molecular formula is C18H35NO. The minimum absolute atomic E-state index is 0.359. The molecule has 3 unspecified atom stereocenters. The molecule has 0 aromatic rings. The summed E-state index contributed by atoms with van der Waals surface area (Å²) in [5.41, 5.74) is 0.523. The number of rotatable bonds is 3. The topological polar surface area (TPSA) is 12.5 Å². The molecule has 1 saturated heterocycles. The third kappa shape index (κ3) is 3.98. The maximum atomic E-state index is 6.30. The number of likely N-dealkylation sites (tertiary alicyclic amines) is 1. The summed E-state index contributed by atoms with van der Waals surface area (Å²) in [5.74, 6) is 2.42. The molecule has 1 aliphatic carbocycles. The molecule has 2 fully saturated rings. The summed E-state index contributed by atoms with van der Waals surface area (Å²) in [6.45, 7) is 14.2. The highest BCUT2D eigenvalue weighted by atomic mass is 16.5. The number of ether oxygens (including phenoxy) is 1. The second-order valence-electron chi connectivity index (χ2n) is 8.49. The first-order valence-corrected chi connectivity index (χ1v) is 8.62. The fourth-order valence-electron chi connectivity index (χ4n) is 4.41. The lowest BCUT2D eigenvalue weighted by atomic mass is 9.62. The molecule has 20 heavy (non-hydrogen) atoms. The second kappa shape index (κ2) is 6.36. The van der Waals surface area contributed by atoms with Gasteiger partial charge in [-0.2, -0.15) is 0 Å². The molecule has 118 valence electrons. The summed E-state index contributed by atoms with van der Waals surface area (Å²) >= 11 is 0. The van der Waals surface area contributed by atoms with Crippen molar-refractivity contribution in [2.45, 2.75) is 72.5 Å². The van der Waals surface area contributed by atoms with Crippen LogP contribution in [0.25, 0.3) is 0 Å². The van der Waals surface area contributed by atoms with Gasteiger partial charge in [0.05, 0.1) is 12.2 Å². The Kier molecular flexibility index (Phi) is 5.18. The van der Waals surface area contributed by atoms with E-state index in [0.717, 1.165) is 17.8 Å². The van der Waals surface area contributed by atoms with Crippen molar-refractivity contribution in [1.82, 2.24) is 4.90 Å². The standard InChI is InChI=1S/C18H35NO/c1-13(2)20-17-8-10-19(6)12-16(17)15-11-18(4,5)9-7-14(15)3/h13-17H,7-12H2,1-6H3/t14-,15?,16?,17?/m0/s1. The summed E-state index contributed by atoms with van der Waals surface area (Å²) in [7, 11) is 2.28. The van der Waals surface area contributed by atoms with E-state index in [1.807, 2.05) is 0 Å². The number of hydrogen-bond donors (Lipinski definition) is 0. The fraction of sp³-hybridized carbons (Fsp3) is 1.00.